The molecule has 6 nitrogen and oxygen atoms in total. The lowest BCUT2D eigenvalue weighted by Crippen LogP contribution is -2.28. The minimum Gasteiger partial charge on any atom is -0.271 e. The molecule has 3 aromatic rings. The number of benzene rings is 1. The second kappa shape index (κ2) is 7.75. The highest BCUT2D eigenvalue weighted by Crippen LogP contribution is 2.28. The van der Waals surface area contributed by atoms with Crippen LogP contribution in [0.25, 0.3) is 11.3 Å². The van der Waals surface area contributed by atoms with Crippen LogP contribution >= 0.6 is 23.2 Å². The summed E-state index contributed by atoms with van der Waals surface area (Å²) in [7, 11) is -3.74. The van der Waals surface area contributed by atoms with Gasteiger partial charge in [-0.25, -0.2) is 13.1 Å². The Kier molecular flexibility index (Phi) is 5.62. The van der Waals surface area contributed by atoms with E-state index in [9.17, 15) is 8.42 Å². The summed E-state index contributed by atoms with van der Waals surface area (Å²) in [5.41, 5.74) is 2.39. The maximum Gasteiger partial charge on any atom is 0.242 e. The third kappa shape index (κ3) is 4.24. The van der Waals surface area contributed by atoms with E-state index >= 15 is 0 Å². The van der Waals surface area contributed by atoms with Gasteiger partial charge in [0.1, 0.15) is 4.90 Å². The molecule has 0 saturated heterocycles. The number of sulfonamides is 1. The molecular formula is C17H16Cl2N4O2S. The Morgan fingerprint density at radius 3 is 2.58 bits per heavy atom. The zero-order valence-electron chi connectivity index (χ0n) is 13.9. The first-order chi connectivity index (χ1) is 12.4. The standard InChI is InChI=1S/C17H16Cl2N4O2S/c1-12-10-17(15(19)11-14(12)18)26(24,25)21-7-9-23-8-4-16(22-23)13-2-5-20-6-3-13/h2-6,8,10-11,21H,7,9H2,1H3. The van der Waals surface area contributed by atoms with Crippen molar-refractivity contribution < 1.29 is 8.42 Å². The molecule has 0 aliphatic carbocycles. The van der Waals surface area contributed by atoms with E-state index in [2.05, 4.69) is 14.8 Å². The molecule has 0 spiro atoms. The van der Waals surface area contributed by atoms with Crippen molar-refractivity contribution >= 4 is 33.2 Å². The van der Waals surface area contributed by atoms with Crippen molar-refractivity contribution in [3.05, 3.63) is 64.5 Å². The highest BCUT2D eigenvalue weighted by Gasteiger charge is 2.19. The fourth-order valence-electron chi connectivity index (χ4n) is 2.37. The molecule has 0 saturated carbocycles. The molecule has 1 aromatic carbocycles. The molecule has 2 aromatic heterocycles. The topological polar surface area (TPSA) is 76.9 Å². The Balaban J connectivity index is 1.66. The van der Waals surface area contributed by atoms with E-state index in [0.29, 0.717) is 17.1 Å². The lowest BCUT2D eigenvalue weighted by atomic mass is 10.2. The summed E-state index contributed by atoms with van der Waals surface area (Å²) in [4.78, 5) is 3.98. The van der Waals surface area contributed by atoms with Gasteiger partial charge in [-0.15, -0.1) is 0 Å². The Hall–Kier alpha value is -1.93. The van der Waals surface area contributed by atoms with E-state index in [-0.39, 0.29) is 16.5 Å². The molecule has 26 heavy (non-hydrogen) atoms. The molecule has 9 heteroatoms. The van der Waals surface area contributed by atoms with Crippen molar-refractivity contribution in [1.82, 2.24) is 19.5 Å². The predicted octanol–water partition coefficient (Wildman–Crippen LogP) is 3.54. The number of pyridine rings is 1. The summed E-state index contributed by atoms with van der Waals surface area (Å²) >= 11 is 12.0. The van der Waals surface area contributed by atoms with Crippen LogP contribution in [0.3, 0.4) is 0 Å². The maximum atomic E-state index is 12.5. The Morgan fingerprint density at radius 2 is 1.85 bits per heavy atom. The average Bonchev–Trinajstić information content (AvgIpc) is 3.07. The molecular weight excluding hydrogens is 395 g/mol. The van der Waals surface area contributed by atoms with Crippen molar-refractivity contribution in [2.75, 3.05) is 6.54 Å². The van der Waals surface area contributed by atoms with E-state index in [0.717, 1.165) is 11.3 Å². The lowest BCUT2D eigenvalue weighted by molar-refractivity contribution is 0.561. The van der Waals surface area contributed by atoms with E-state index in [1.165, 1.54) is 12.1 Å². The summed E-state index contributed by atoms with van der Waals surface area (Å²) in [6.07, 6.45) is 5.18. The smallest absolute Gasteiger partial charge is 0.242 e. The van der Waals surface area contributed by atoms with Crippen molar-refractivity contribution in [2.24, 2.45) is 0 Å². The second-order valence-electron chi connectivity index (χ2n) is 5.63. The number of aryl methyl sites for hydroxylation is 1. The fourth-order valence-corrected chi connectivity index (χ4v) is 4.22. The molecule has 0 amide bonds. The highest BCUT2D eigenvalue weighted by atomic mass is 35.5. The van der Waals surface area contributed by atoms with Crippen LogP contribution in [0.5, 0.6) is 0 Å². The second-order valence-corrected chi connectivity index (χ2v) is 8.18. The largest absolute Gasteiger partial charge is 0.271 e. The third-order valence-electron chi connectivity index (χ3n) is 3.75. The molecule has 136 valence electrons. The monoisotopic (exact) mass is 410 g/mol. The van der Waals surface area contributed by atoms with Gasteiger partial charge < -0.3 is 0 Å². The maximum absolute atomic E-state index is 12.5. The van der Waals surface area contributed by atoms with Gasteiger partial charge in [0.2, 0.25) is 10.0 Å². The van der Waals surface area contributed by atoms with Crippen LogP contribution in [0.4, 0.5) is 0 Å². The van der Waals surface area contributed by atoms with Crippen LogP contribution in [0.15, 0.2) is 53.8 Å². The van der Waals surface area contributed by atoms with Crippen LogP contribution < -0.4 is 4.72 Å². The van der Waals surface area contributed by atoms with Gasteiger partial charge in [-0.1, -0.05) is 23.2 Å². The summed E-state index contributed by atoms with van der Waals surface area (Å²) < 4.78 is 29.1. The van der Waals surface area contributed by atoms with Crippen LogP contribution in [-0.4, -0.2) is 29.7 Å². The summed E-state index contributed by atoms with van der Waals surface area (Å²) in [5.74, 6) is 0. The normalized spacial score (nSPS) is 11.7. The number of nitrogens with zero attached hydrogens (tertiary/aromatic N) is 3. The predicted molar refractivity (Wildman–Crippen MR) is 102 cm³/mol. The molecule has 1 N–H and O–H groups in total. The molecule has 0 radical (unpaired) electrons. The van der Waals surface area contributed by atoms with Gasteiger partial charge in [-0.05, 0) is 42.8 Å². The number of rotatable bonds is 6. The van der Waals surface area contributed by atoms with Crippen LogP contribution in [0.2, 0.25) is 10.0 Å². The van der Waals surface area contributed by atoms with Gasteiger partial charge in [0.05, 0.1) is 17.3 Å². The van der Waals surface area contributed by atoms with Crippen molar-refractivity contribution in [1.29, 1.82) is 0 Å². The van der Waals surface area contributed by atoms with E-state index in [4.69, 9.17) is 23.2 Å². The van der Waals surface area contributed by atoms with Gasteiger partial charge in [0.25, 0.3) is 0 Å². The van der Waals surface area contributed by atoms with Crippen LogP contribution in [0.1, 0.15) is 5.56 Å². The van der Waals surface area contributed by atoms with Crippen LogP contribution in [-0.2, 0) is 16.6 Å². The van der Waals surface area contributed by atoms with Crippen molar-refractivity contribution in [3.8, 4) is 11.3 Å². The Bertz CT molecular complexity index is 1020. The van der Waals surface area contributed by atoms with Crippen molar-refractivity contribution in [3.63, 3.8) is 0 Å². The first-order valence-corrected chi connectivity index (χ1v) is 10.00. The summed E-state index contributed by atoms with van der Waals surface area (Å²) in [6, 6.07) is 8.48. The minimum atomic E-state index is -3.74. The molecule has 0 fully saturated rings. The van der Waals surface area contributed by atoms with Crippen molar-refractivity contribution in [2.45, 2.75) is 18.4 Å². The van der Waals surface area contributed by atoms with E-state index < -0.39 is 10.0 Å². The zero-order valence-corrected chi connectivity index (χ0v) is 16.2. The highest BCUT2D eigenvalue weighted by molar-refractivity contribution is 7.89. The first kappa shape index (κ1) is 18.8. The van der Waals surface area contributed by atoms with Gasteiger partial charge >= 0.3 is 0 Å². The van der Waals surface area contributed by atoms with Gasteiger partial charge in [0, 0.05) is 35.7 Å². The average molecular weight is 411 g/mol. The van der Waals surface area contributed by atoms with E-state index in [1.807, 2.05) is 18.2 Å². The molecule has 0 unspecified atom stereocenters. The molecule has 3 rings (SSSR count). The SMILES string of the molecule is Cc1cc(S(=O)(=O)NCCn2ccc(-c3ccncc3)n2)c(Cl)cc1Cl. The molecule has 2 heterocycles. The Labute approximate surface area is 161 Å². The van der Waals surface area contributed by atoms with E-state index in [1.54, 1.807) is 30.2 Å². The van der Waals surface area contributed by atoms with Gasteiger partial charge in [0.15, 0.2) is 0 Å². The molecule has 0 atom stereocenters. The fraction of sp³-hybridized carbons (Fsp3) is 0.176. The third-order valence-corrected chi connectivity index (χ3v) is 6.09. The zero-order chi connectivity index (χ0) is 18.7. The first-order valence-electron chi connectivity index (χ1n) is 7.76. The molecule has 0 aliphatic heterocycles. The quantitative estimate of drug-likeness (QED) is 0.673. The number of hydrogen-bond acceptors (Lipinski definition) is 4. The number of halogens is 2. The lowest BCUT2D eigenvalue weighted by Gasteiger charge is -2.10. The number of nitrogens with one attached hydrogen (secondary N) is 1. The number of aromatic nitrogens is 3. The van der Waals surface area contributed by atoms with Gasteiger partial charge in [-0.3, -0.25) is 9.67 Å². The minimum absolute atomic E-state index is 0.0130. The Morgan fingerprint density at radius 1 is 1.12 bits per heavy atom. The molecule has 0 aliphatic rings. The van der Waals surface area contributed by atoms with Crippen LogP contribution in [0, 0.1) is 6.92 Å². The van der Waals surface area contributed by atoms with Gasteiger partial charge in [-0.2, -0.15) is 5.10 Å². The molecule has 0 bridgehead atoms. The summed E-state index contributed by atoms with van der Waals surface area (Å²) in [5, 5.41) is 4.94. The number of hydrogen-bond donors (Lipinski definition) is 1. The summed E-state index contributed by atoms with van der Waals surface area (Å²) in [6.45, 7) is 2.29.